The quantitative estimate of drug-likeness (QED) is 0.600. The topological polar surface area (TPSA) is 100 Å². The third-order valence-corrected chi connectivity index (χ3v) is 4.33. The molecule has 0 aliphatic carbocycles. The molecule has 3 N–H and O–H groups in total. The summed E-state index contributed by atoms with van der Waals surface area (Å²) in [4.78, 5) is 13.0. The van der Waals surface area contributed by atoms with Crippen LogP contribution in [0.2, 0.25) is 0 Å². The molecule has 140 valence electrons. The van der Waals surface area contributed by atoms with E-state index in [0.29, 0.717) is 5.56 Å². The van der Waals surface area contributed by atoms with Gasteiger partial charge in [0.15, 0.2) is 11.5 Å². The molecule has 2 aromatic carbocycles. The van der Waals surface area contributed by atoms with E-state index in [4.69, 9.17) is 9.15 Å². The normalized spacial score (nSPS) is 10.8. The molecule has 0 saturated carbocycles. The largest absolute Gasteiger partial charge is 0.507 e. The molecule has 3 aromatic rings. The van der Waals surface area contributed by atoms with E-state index in [1.54, 1.807) is 6.07 Å². The van der Waals surface area contributed by atoms with E-state index in [1.165, 1.54) is 31.6 Å². The Morgan fingerprint density at radius 3 is 2.52 bits per heavy atom. The molecule has 0 amide bonds. The van der Waals surface area contributed by atoms with Gasteiger partial charge < -0.3 is 24.5 Å². The fraction of sp³-hybridized carbons (Fsp3) is 0.190. The molecule has 0 radical (unpaired) electrons. The molecule has 0 aliphatic rings. The minimum absolute atomic E-state index is 0.0160. The molecule has 0 unspecified atom stereocenters. The molecular formula is C21H20O6. The number of phenolic OH excluding ortho intramolecular Hbond substituents is 3. The molecular weight excluding hydrogens is 348 g/mol. The van der Waals surface area contributed by atoms with E-state index in [9.17, 15) is 20.1 Å². The number of ether oxygens (including phenoxy) is 1. The minimum Gasteiger partial charge on any atom is -0.507 e. The summed E-state index contributed by atoms with van der Waals surface area (Å²) < 4.78 is 10.5. The Morgan fingerprint density at radius 1 is 1.15 bits per heavy atom. The van der Waals surface area contributed by atoms with Gasteiger partial charge in [0.25, 0.3) is 0 Å². The summed E-state index contributed by atoms with van der Waals surface area (Å²) in [6.45, 7) is 3.80. The lowest BCUT2D eigenvalue weighted by Gasteiger charge is -2.10. The van der Waals surface area contributed by atoms with Crippen LogP contribution in [0.1, 0.15) is 19.4 Å². The number of aromatic hydroxyl groups is 3. The molecule has 0 fully saturated rings. The van der Waals surface area contributed by atoms with Crippen molar-refractivity contribution < 1.29 is 24.5 Å². The number of methoxy groups -OCH3 is 1. The van der Waals surface area contributed by atoms with Crippen LogP contribution >= 0.6 is 0 Å². The molecule has 6 nitrogen and oxygen atoms in total. The highest BCUT2D eigenvalue weighted by molar-refractivity contribution is 5.90. The number of hydrogen-bond donors (Lipinski definition) is 3. The van der Waals surface area contributed by atoms with Crippen molar-refractivity contribution in [3.8, 4) is 34.1 Å². The third kappa shape index (κ3) is 3.33. The van der Waals surface area contributed by atoms with Crippen molar-refractivity contribution in [1.82, 2.24) is 0 Å². The predicted molar refractivity (Wildman–Crippen MR) is 103 cm³/mol. The summed E-state index contributed by atoms with van der Waals surface area (Å²) in [5.74, 6) is -0.291. The zero-order chi connectivity index (χ0) is 19.7. The second-order valence-electron chi connectivity index (χ2n) is 6.45. The molecule has 1 heterocycles. The average molecular weight is 368 g/mol. The number of rotatable bonds is 4. The maximum Gasteiger partial charge on any atom is 0.204 e. The molecule has 6 heteroatoms. The minimum atomic E-state index is -0.461. The molecule has 1 aromatic heterocycles. The summed E-state index contributed by atoms with van der Waals surface area (Å²) in [6.07, 6.45) is 3.36. The van der Waals surface area contributed by atoms with Crippen molar-refractivity contribution in [2.75, 3.05) is 7.11 Å². The number of allylic oxidation sites excluding steroid dienone is 2. The molecule has 3 rings (SSSR count). The summed E-state index contributed by atoms with van der Waals surface area (Å²) in [7, 11) is 1.43. The lowest BCUT2D eigenvalue weighted by atomic mass is 10.0. The Labute approximate surface area is 155 Å². The maximum absolute atomic E-state index is 13.0. The Balaban J connectivity index is 2.23. The van der Waals surface area contributed by atoms with Crippen LogP contribution in [0.5, 0.6) is 23.0 Å². The summed E-state index contributed by atoms with van der Waals surface area (Å²) >= 11 is 0. The van der Waals surface area contributed by atoms with Gasteiger partial charge in [-0.05, 0) is 38.0 Å². The van der Waals surface area contributed by atoms with Gasteiger partial charge in [-0.1, -0.05) is 17.7 Å². The SMILES string of the molecule is COc1ccc(-c2coc3cc(O)c(CC=C(C)C)c(O)c3c2=O)cc1O. The van der Waals surface area contributed by atoms with Crippen LogP contribution < -0.4 is 10.2 Å². The first-order valence-electron chi connectivity index (χ1n) is 8.33. The van der Waals surface area contributed by atoms with Crippen molar-refractivity contribution in [3.05, 3.63) is 58.0 Å². The summed E-state index contributed by atoms with van der Waals surface area (Å²) in [5, 5.41) is 30.7. The van der Waals surface area contributed by atoms with Gasteiger partial charge in [0.1, 0.15) is 28.7 Å². The molecule has 27 heavy (non-hydrogen) atoms. The molecule has 0 aliphatic heterocycles. The first kappa shape index (κ1) is 18.4. The molecule has 0 saturated heterocycles. The highest BCUT2D eigenvalue weighted by Gasteiger charge is 2.19. The Morgan fingerprint density at radius 2 is 1.89 bits per heavy atom. The van der Waals surface area contributed by atoms with Crippen LogP contribution in [0.4, 0.5) is 0 Å². The number of hydrogen-bond acceptors (Lipinski definition) is 6. The van der Waals surface area contributed by atoms with Gasteiger partial charge in [-0.25, -0.2) is 0 Å². The Bertz CT molecular complexity index is 1100. The van der Waals surface area contributed by atoms with Gasteiger partial charge in [0.2, 0.25) is 5.43 Å². The molecule has 0 spiro atoms. The van der Waals surface area contributed by atoms with Gasteiger partial charge in [-0.3, -0.25) is 4.79 Å². The Hall–Kier alpha value is -3.41. The van der Waals surface area contributed by atoms with Gasteiger partial charge in [-0.15, -0.1) is 0 Å². The van der Waals surface area contributed by atoms with E-state index in [1.807, 2.05) is 19.9 Å². The maximum atomic E-state index is 13.0. The first-order chi connectivity index (χ1) is 12.8. The predicted octanol–water partition coefficient (Wildman–Crippen LogP) is 4.09. The van der Waals surface area contributed by atoms with Crippen LogP contribution in [-0.2, 0) is 6.42 Å². The van der Waals surface area contributed by atoms with Crippen LogP contribution in [0.15, 0.2) is 51.4 Å². The summed E-state index contributed by atoms with van der Waals surface area (Å²) in [6, 6.07) is 5.85. The summed E-state index contributed by atoms with van der Waals surface area (Å²) in [5.41, 5.74) is 1.49. The van der Waals surface area contributed by atoms with Crippen LogP contribution in [0.25, 0.3) is 22.1 Å². The van der Waals surface area contributed by atoms with Crippen molar-refractivity contribution in [2.45, 2.75) is 20.3 Å². The van der Waals surface area contributed by atoms with Gasteiger partial charge in [-0.2, -0.15) is 0 Å². The van der Waals surface area contributed by atoms with E-state index < -0.39 is 5.43 Å². The second kappa shape index (κ2) is 7.07. The third-order valence-electron chi connectivity index (χ3n) is 4.33. The highest BCUT2D eigenvalue weighted by Crippen LogP contribution is 2.36. The van der Waals surface area contributed by atoms with Crippen molar-refractivity contribution >= 4 is 11.0 Å². The lowest BCUT2D eigenvalue weighted by molar-refractivity contribution is 0.373. The van der Waals surface area contributed by atoms with Crippen molar-refractivity contribution in [1.29, 1.82) is 0 Å². The number of fused-ring (bicyclic) bond motifs is 1. The van der Waals surface area contributed by atoms with Crippen LogP contribution in [0, 0.1) is 0 Å². The van der Waals surface area contributed by atoms with E-state index in [2.05, 4.69) is 0 Å². The van der Waals surface area contributed by atoms with Crippen LogP contribution in [0.3, 0.4) is 0 Å². The standard InChI is InChI=1S/C21H20O6/c1-11(2)4-6-13-15(22)9-18-19(20(13)24)21(25)14(10-27-18)12-5-7-17(26-3)16(23)8-12/h4-5,7-10,22-24H,6H2,1-3H3. The smallest absolute Gasteiger partial charge is 0.204 e. The fourth-order valence-electron chi connectivity index (χ4n) is 2.86. The van der Waals surface area contributed by atoms with Gasteiger partial charge in [0, 0.05) is 11.6 Å². The number of phenols is 3. The highest BCUT2D eigenvalue weighted by atomic mass is 16.5. The first-order valence-corrected chi connectivity index (χ1v) is 8.33. The van der Waals surface area contributed by atoms with Gasteiger partial charge in [0.05, 0.1) is 12.7 Å². The molecule has 0 atom stereocenters. The monoisotopic (exact) mass is 368 g/mol. The van der Waals surface area contributed by atoms with E-state index >= 15 is 0 Å². The lowest BCUT2D eigenvalue weighted by Crippen LogP contribution is -2.06. The van der Waals surface area contributed by atoms with Gasteiger partial charge >= 0.3 is 0 Å². The average Bonchev–Trinajstić information content (AvgIpc) is 2.61. The molecule has 0 bridgehead atoms. The van der Waals surface area contributed by atoms with Crippen molar-refractivity contribution in [2.24, 2.45) is 0 Å². The van der Waals surface area contributed by atoms with Crippen molar-refractivity contribution in [3.63, 3.8) is 0 Å². The fourth-order valence-corrected chi connectivity index (χ4v) is 2.86. The second-order valence-corrected chi connectivity index (χ2v) is 6.45. The van der Waals surface area contributed by atoms with E-state index in [-0.39, 0.29) is 51.5 Å². The zero-order valence-corrected chi connectivity index (χ0v) is 15.2. The number of benzene rings is 2. The zero-order valence-electron chi connectivity index (χ0n) is 15.2. The Kier molecular flexibility index (Phi) is 4.81. The van der Waals surface area contributed by atoms with E-state index in [0.717, 1.165) is 5.57 Å². The van der Waals surface area contributed by atoms with Crippen LogP contribution in [-0.4, -0.2) is 22.4 Å².